The van der Waals surface area contributed by atoms with Crippen molar-refractivity contribution in [3.05, 3.63) is 40.6 Å². The topological polar surface area (TPSA) is 30.5 Å². The first-order valence-electron chi connectivity index (χ1n) is 5.30. The Labute approximate surface area is 105 Å². The van der Waals surface area contributed by atoms with Gasteiger partial charge in [-0.3, -0.25) is 0 Å². The van der Waals surface area contributed by atoms with Crippen LogP contribution in [0.4, 0.5) is 5.69 Å². The van der Waals surface area contributed by atoms with Crippen LogP contribution in [0.2, 0.25) is 0 Å². The lowest BCUT2D eigenvalue weighted by molar-refractivity contribution is 0.394. The van der Waals surface area contributed by atoms with Gasteiger partial charge in [0.2, 0.25) is 0 Å². The molecular formula is C13H15NO2S. The maximum Gasteiger partial charge on any atom is 0.124 e. The summed E-state index contributed by atoms with van der Waals surface area (Å²) in [6.07, 6.45) is 0. The summed E-state index contributed by atoms with van der Waals surface area (Å²) in [5.41, 5.74) is 2.27. The van der Waals surface area contributed by atoms with Crippen molar-refractivity contribution in [2.75, 3.05) is 19.5 Å². The fraction of sp³-hybridized carbons (Fsp3) is 0.231. The smallest absolute Gasteiger partial charge is 0.124 e. The summed E-state index contributed by atoms with van der Waals surface area (Å²) >= 11 is 1.70. The average Bonchev–Trinajstić information content (AvgIpc) is 2.89. The zero-order valence-electron chi connectivity index (χ0n) is 9.90. The van der Waals surface area contributed by atoms with Gasteiger partial charge in [-0.1, -0.05) is 0 Å². The predicted octanol–water partition coefficient (Wildman–Crippen LogP) is 3.38. The molecule has 0 spiro atoms. The average molecular weight is 249 g/mol. The van der Waals surface area contributed by atoms with E-state index < -0.39 is 0 Å². The molecule has 2 rings (SSSR count). The van der Waals surface area contributed by atoms with Crippen LogP contribution in [0.1, 0.15) is 5.56 Å². The van der Waals surface area contributed by atoms with E-state index in [0.29, 0.717) is 0 Å². The molecule has 0 aliphatic heterocycles. The number of nitrogens with one attached hydrogen (secondary N) is 1. The highest BCUT2D eigenvalue weighted by Gasteiger charge is 2.01. The third-order valence-electron chi connectivity index (χ3n) is 2.43. The highest BCUT2D eigenvalue weighted by Crippen LogP contribution is 2.26. The van der Waals surface area contributed by atoms with Gasteiger partial charge in [0, 0.05) is 30.4 Å². The maximum atomic E-state index is 5.22. The highest BCUT2D eigenvalue weighted by atomic mass is 32.1. The van der Waals surface area contributed by atoms with Crippen LogP contribution < -0.4 is 14.8 Å². The molecule has 0 atom stereocenters. The highest BCUT2D eigenvalue weighted by molar-refractivity contribution is 7.07. The molecule has 0 saturated carbocycles. The number of thiophene rings is 1. The molecule has 17 heavy (non-hydrogen) atoms. The molecule has 0 amide bonds. The first-order chi connectivity index (χ1) is 8.31. The summed E-state index contributed by atoms with van der Waals surface area (Å²) in [5, 5.41) is 7.55. The van der Waals surface area contributed by atoms with Crippen molar-refractivity contribution in [1.29, 1.82) is 0 Å². The van der Waals surface area contributed by atoms with Gasteiger partial charge in [0.1, 0.15) is 11.5 Å². The standard InChI is InChI=1S/C13H15NO2S/c1-15-12-5-11(6-13(7-12)16-2)14-8-10-3-4-17-9-10/h3-7,9,14H,8H2,1-2H3. The zero-order chi connectivity index (χ0) is 12.1. The van der Waals surface area contributed by atoms with Crippen LogP contribution in [0.15, 0.2) is 35.0 Å². The minimum Gasteiger partial charge on any atom is -0.497 e. The van der Waals surface area contributed by atoms with E-state index in [2.05, 4.69) is 22.1 Å². The summed E-state index contributed by atoms with van der Waals surface area (Å²) < 4.78 is 10.4. The minimum absolute atomic E-state index is 0.789. The second kappa shape index (κ2) is 5.59. The van der Waals surface area contributed by atoms with Crippen molar-refractivity contribution in [2.45, 2.75) is 6.54 Å². The van der Waals surface area contributed by atoms with Crippen molar-refractivity contribution in [3.8, 4) is 11.5 Å². The number of rotatable bonds is 5. The molecule has 1 aromatic carbocycles. The third-order valence-corrected chi connectivity index (χ3v) is 3.16. The van der Waals surface area contributed by atoms with Gasteiger partial charge >= 0.3 is 0 Å². The van der Waals surface area contributed by atoms with Crippen LogP contribution in [0, 0.1) is 0 Å². The normalized spacial score (nSPS) is 10.0. The Balaban J connectivity index is 2.09. The number of hydrogen-bond donors (Lipinski definition) is 1. The molecule has 0 saturated heterocycles. The van der Waals surface area contributed by atoms with Gasteiger partial charge in [0.25, 0.3) is 0 Å². The summed E-state index contributed by atoms with van der Waals surface area (Å²) in [4.78, 5) is 0. The van der Waals surface area contributed by atoms with Crippen LogP contribution in [0.3, 0.4) is 0 Å². The van der Waals surface area contributed by atoms with E-state index in [1.54, 1.807) is 25.6 Å². The molecule has 4 heteroatoms. The van der Waals surface area contributed by atoms with Crippen molar-refractivity contribution in [3.63, 3.8) is 0 Å². The van der Waals surface area contributed by atoms with E-state index >= 15 is 0 Å². The summed E-state index contributed by atoms with van der Waals surface area (Å²) in [6, 6.07) is 7.87. The molecule has 90 valence electrons. The first-order valence-corrected chi connectivity index (χ1v) is 6.24. The van der Waals surface area contributed by atoms with Crippen molar-refractivity contribution >= 4 is 17.0 Å². The van der Waals surface area contributed by atoms with E-state index in [4.69, 9.17) is 9.47 Å². The molecule has 1 aromatic heterocycles. The Morgan fingerprint density at radius 2 is 1.82 bits per heavy atom. The van der Waals surface area contributed by atoms with Gasteiger partial charge in [-0.25, -0.2) is 0 Å². The Hall–Kier alpha value is -1.68. The summed E-state index contributed by atoms with van der Waals surface area (Å²) in [6.45, 7) is 0.805. The largest absolute Gasteiger partial charge is 0.497 e. The third kappa shape index (κ3) is 3.14. The number of hydrogen-bond acceptors (Lipinski definition) is 4. The Morgan fingerprint density at radius 1 is 1.12 bits per heavy atom. The van der Waals surface area contributed by atoms with Crippen LogP contribution in [0.5, 0.6) is 11.5 Å². The second-order valence-corrected chi connectivity index (χ2v) is 4.37. The molecule has 0 radical (unpaired) electrons. The summed E-state index contributed by atoms with van der Waals surface area (Å²) in [7, 11) is 3.30. The number of anilines is 1. The monoisotopic (exact) mass is 249 g/mol. The molecular weight excluding hydrogens is 234 g/mol. The van der Waals surface area contributed by atoms with E-state index in [-0.39, 0.29) is 0 Å². The van der Waals surface area contributed by atoms with Gasteiger partial charge in [0.05, 0.1) is 14.2 Å². The molecule has 1 heterocycles. The van der Waals surface area contributed by atoms with Gasteiger partial charge in [-0.05, 0) is 22.4 Å². The lowest BCUT2D eigenvalue weighted by atomic mass is 10.2. The van der Waals surface area contributed by atoms with Crippen molar-refractivity contribution in [2.24, 2.45) is 0 Å². The molecule has 0 unspecified atom stereocenters. The van der Waals surface area contributed by atoms with Crippen LogP contribution in [-0.4, -0.2) is 14.2 Å². The van der Waals surface area contributed by atoms with Crippen molar-refractivity contribution < 1.29 is 9.47 Å². The maximum absolute atomic E-state index is 5.22. The lowest BCUT2D eigenvalue weighted by Crippen LogP contribution is -1.99. The fourth-order valence-electron chi connectivity index (χ4n) is 1.51. The van der Waals surface area contributed by atoms with Crippen LogP contribution >= 0.6 is 11.3 Å². The molecule has 1 N–H and O–H groups in total. The van der Waals surface area contributed by atoms with E-state index in [0.717, 1.165) is 23.7 Å². The van der Waals surface area contributed by atoms with Gasteiger partial charge in [0.15, 0.2) is 0 Å². The Kier molecular flexibility index (Phi) is 3.88. The van der Waals surface area contributed by atoms with E-state index in [9.17, 15) is 0 Å². The van der Waals surface area contributed by atoms with Crippen LogP contribution in [-0.2, 0) is 6.54 Å². The molecule has 3 nitrogen and oxygen atoms in total. The number of benzene rings is 1. The Bertz CT molecular complexity index is 446. The molecule has 0 fully saturated rings. The molecule has 2 aromatic rings. The fourth-order valence-corrected chi connectivity index (χ4v) is 2.18. The molecule has 0 aliphatic carbocycles. The minimum atomic E-state index is 0.789. The molecule has 0 aliphatic rings. The number of methoxy groups -OCH3 is 2. The van der Waals surface area contributed by atoms with Gasteiger partial charge in [-0.2, -0.15) is 11.3 Å². The first kappa shape index (κ1) is 11.8. The van der Waals surface area contributed by atoms with E-state index in [1.165, 1.54) is 5.56 Å². The SMILES string of the molecule is COc1cc(NCc2ccsc2)cc(OC)c1. The Morgan fingerprint density at radius 3 is 2.35 bits per heavy atom. The lowest BCUT2D eigenvalue weighted by Gasteiger charge is -2.10. The van der Waals surface area contributed by atoms with E-state index in [1.807, 2.05) is 18.2 Å². The van der Waals surface area contributed by atoms with Crippen LogP contribution in [0.25, 0.3) is 0 Å². The summed E-state index contributed by atoms with van der Waals surface area (Å²) in [5.74, 6) is 1.58. The second-order valence-electron chi connectivity index (χ2n) is 3.59. The van der Waals surface area contributed by atoms with Gasteiger partial charge in [-0.15, -0.1) is 0 Å². The number of ether oxygens (including phenoxy) is 2. The molecule has 0 bridgehead atoms. The predicted molar refractivity (Wildman–Crippen MR) is 71.2 cm³/mol. The quantitative estimate of drug-likeness (QED) is 0.881. The van der Waals surface area contributed by atoms with Gasteiger partial charge < -0.3 is 14.8 Å². The van der Waals surface area contributed by atoms with Crippen molar-refractivity contribution in [1.82, 2.24) is 0 Å². The zero-order valence-corrected chi connectivity index (χ0v) is 10.7.